The van der Waals surface area contributed by atoms with E-state index in [9.17, 15) is 9.18 Å². The molecule has 0 atom stereocenters. The quantitative estimate of drug-likeness (QED) is 0.671. The fourth-order valence-corrected chi connectivity index (χ4v) is 2.06. The number of urea groups is 1. The zero-order valence-electron chi connectivity index (χ0n) is 12.7. The second-order valence-corrected chi connectivity index (χ2v) is 4.95. The van der Waals surface area contributed by atoms with Crippen molar-refractivity contribution in [3.05, 3.63) is 60.4 Å². The molecule has 8 heteroatoms. The molecule has 2 heterocycles. The van der Waals surface area contributed by atoms with Gasteiger partial charge >= 0.3 is 6.03 Å². The molecule has 0 bridgehead atoms. The fraction of sp³-hybridized carbons (Fsp3) is 0.125. The van der Waals surface area contributed by atoms with Crippen molar-refractivity contribution >= 4 is 11.7 Å². The molecule has 0 radical (unpaired) electrons. The number of aromatic nitrogens is 4. The van der Waals surface area contributed by atoms with Crippen molar-refractivity contribution in [2.24, 2.45) is 0 Å². The van der Waals surface area contributed by atoms with E-state index in [1.807, 2.05) is 12.1 Å². The number of carbonyl (C=O) groups excluding carboxylic acids is 1. The Balaban J connectivity index is 1.49. The van der Waals surface area contributed by atoms with Crippen molar-refractivity contribution in [1.29, 1.82) is 0 Å². The third kappa shape index (κ3) is 3.92. The minimum absolute atomic E-state index is 0.134. The van der Waals surface area contributed by atoms with Gasteiger partial charge in [0.25, 0.3) is 0 Å². The number of aromatic amines is 1. The molecule has 24 heavy (non-hydrogen) atoms. The summed E-state index contributed by atoms with van der Waals surface area (Å²) in [5.41, 5.74) is 0.993. The number of para-hydroxylation sites is 1. The minimum Gasteiger partial charge on any atom is -0.337 e. The maximum Gasteiger partial charge on any atom is 0.319 e. The predicted octanol–water partition coefficient (Wildman–Crippen LogP) is 2.37. The molecule has 0 aliphatic carbocycles. The maximum absolute atomic E-state index is 13.4. The summed E-state index contributed by atoms with van der Waals surface area (Å²) in [6, 6.07) is 9.13. The van der Waals surface area contributed by atoms with Gasteiger partial charge in [0, 0.05) is 30.9 Å². The van der Waals surface area contributed by atoms with Gasteiger partial charge in [-0.3, -0.25) is 10.1 Å². The van der Waals surface area contributed by atoms with Gasteiger partial charge in [-0.05, 0) is 24.3 Å². The molecule has 0 saturated carbocycles. The predicted molar refractivity (Wildman–Crippen MR) is 86.7 cm³/mol. The second kappa shape index (κ2) is 7.32. The first kappa shape index (κ1) is 15.6. The van der Waals surface area contributed by atoms with Crippen LogP contribution >= 0.6 is 0 Å². The van der Waals surface area contributed by atoms with Crippen molar-refractivity contribution in [3.8, 4) is 11.4 Å². The molecule has 0 unspecified atom stereocenters. The van der Waals surface area contributed by atoms with E-state index in [2.05, 4.69) is 30.8 Å². The zero-order chi connectivity index (χ0) is 16.8. The van der Waals surface area contributed by atoms with Crippen LogP contribution in [0.4, 0.5) is 14.9 Å². The number of benzene rings is 1. The largest absolute Gasteiger partial charge is 0.337 e. The number of anilines is 1. The highest BCUT2D eigenvalue weighted by Crippen LogP contribution is 2.13. The Morgan fingerprint density at radius 3 is 2.75 bits per heavy atom. The summed E-state index contributed by atoms with van der Waals surface area (Å²) < 4.78 is 13.4. The number of carbonyl (C=O) groups is 1. The average molecular weight is 326 g/mol. The molecule has 0 aliphatic heterocycles. The third-order valence-corrected chi connectivity index (χ3v) is 3.24. The summed E-state index contributed by atoms with van der Waals surface area (Å²) in [4.78, 5) is 20.0. The molecule has 2 aromatic heterocycles. The monoisotopic (exact) mass is 326 g/mol. The van der Waals surface area contributed by atoms with Gasteiger partial charge in [0.05, 0.1) is 5.69 Å². The Bertz CT molecular complexity index is 820. The van der Waals surface area contributed by atoms with Crippen LogP contribution in [-0.2, 0) is 6.42 Å². The number of hydrogen-bond acceptors (Lipinski definition) is 4. The summed E-state index contributed by atoms with van der Waals surface area (Å²) in [5.74, 6) is 0.737. The van der Waals surface area contributed by atoms with Gasteiger partial charge in [-0.25, -0.2) is 14.2 Å². The molecule has 0 saturated heterocycles. The van der Waals surface area contributed by atoms with Crippen LogP contribution in [0, 0.1) is 5.82 Å². The van der Waals surface area contributed by atoms with Crippen LogP contribution in [0.15, 0.2) is 48.8 Å². The highest BCUT2D eigenvalue weighted by Gasteiger charge is 2.08. The Morgan fingerprint density at radius 1 is 1.17 bits per heavy atom. The van der Waals surface area contributed by atoms with E-state index >= 15 is 0 Å². The van der Waals surface area contributed by atoms with E-state index < -0.39 is 11.8 Å². The molecular weight excluding hydrogens is 311 g/mol. The summed E-state index contributed by atoms with van der Waals surface area (Å²) in [5, 5.41) is 12.0. The lowest BCUT2D eigenvalue weighted by molar-refractivity contribution is 0.252. The van der Waals surface area contributed by atoms with Gasteiger partial charge in [-0.2, -0.15) is 5.10 Å². The van der Waals surface area contributed by atoms with E-state index in [0.717, 1.165) is 5.56 Å². The maximum atomic E-state index is 13.4. The van der Waals surface area contributed by atoms with Crippen molar-refractivity contribution in [2.75, 3.05) is 11.9 Å². The SMILES string of the molecule is O=C(NCCc1nc(-c2ccncc2)n[nH]1)Nc1ccccc1F. The average Bonchev–Trinajstić information content (AvgIpc) is 3.07. The number of pyridine rings is 1. The van der Waals surface area contributed by atoms with Crippen molar-refractivity contribution in [1.82, 2.24) is 25.5 Å². The van der Waals surface area contributed by atoms with Crippen molar-refractivity contribution < 1.29 is 9.18 Å². The van der Waals surface area contributed by atoms with Crippen LogP contribution in [0.1, 0.15) is 5.82 Å². The normalized spacial score (nSPS) is 10.4. The number of hydrogen-bond donors (Lipinski definition) is 3. The summed E-state index contributed by atoms with van der Waals surface area (Å²) in [6.45, 7) is 0.339. The Morgan fingerprint density at radius 2 is 1.96 bits per heavy atom. The molecule has 3 rings (SSSR count). The molecule has 3 aromatic rings. The van der Waals surface area contributed by atoms with E-state index in [0.29, 0.717) is 24.6 Å². The summed E-state index contributed by atoms with van der Waals surface area (Å²) >= 11 is 0. The smallest absolute Gasteiger partial charge is 0.319 e. The lowest BCUT2D eigenvalue weighted by Crippen LogP contribution is -2.30. The van der Waals surface area contributed by atoms with Crippen LogP contribution < -0.4 is 10.6 Å². The van der Waals surface area contributed by atoms with Crippen molar-refractivity contribution in [3.63, 3.8) is 0 Å². The molecule has 0 fully saturated rings. The molecule has 122 valence electrons. The molecular formula is C16H15FN6O. The zero-order valence-corrected chi connectivity index (χ0v) is 12.7. The van der Waals surface area contributed by atoms with E-state index in [-0.39, 0.29) is 5.69 Å². The van der Waals surface area contributed by atoms with Gasteiger partial charge in [-0.1, -0.05) is 12.1 Å². The highest BCUT2D eigenvalue weighted by atomic mass is 19.1. The lowest BCUT2D eigenvalue weighted by atomic mass is 10.2. The third-order valence-electron chi connectivity index (χ3n) is 3.24. The first-order chi connectivity index (χ1) is 11.7. The highest BCUT2D eigenvalue weighted by molar-refractivity contribution is 5.89. The van der Waals surface area contributed by atoms with Crippen molar-refractivity contribution in [2.45, 2.75) is 6.42 Å². The van der Waals surface area contributed by atoms with Crippen LogP contribution in [-0.4, -0.2) is 32.7 Å². The molecule has 3 N–H and O–H groups in total. The van der Waals surface area contributed by atoms with Crippen LogP contribution in [0.3, 0.4) is 0 Å². The minimum atomic E-state index is -0.482. The van der Waals surface area contributed by atoms with Crippen LogP contribution in [0.25, 0.3) is 11.4 Å². The number of halogens is 1. The number of nitrogens with zero attached hydrogens (tertiary/aromatic N) is 3. The van der Waals surface area contributed by atoms with E-state index in [1.54, 1.807) is 24.5 Å². The Labute approximate surface area is 137 Å². The number of H-pyrrole nitrogens is 1. The van der Waals surface area contributed by atoms with Gasteiger partial charge in [0.15, 0.2) is 5.82 Å². The van der Waals surface area contributed by atoms with Gasteiger partial charge in [-0.15, -0.1) is 0 Å². The van der Waals surface area contributed by atoms with E-state index in [1.165, 1.54) is 12.1 Å². The Hall–Kier alpha value is -3.29. The lowest BCUT2D eigenvalue weighted by Gasteiger charge is -2.07. The first-order valence-electron chi connectivity index (χ1n) is 7.33. The molecule has 1 aromatic carbocycles. The summed E-state index contributed by atoms with van der Waals surface area (Å²) in [7, 11) is 0. The second-order valence-electron chi connectivity index (χ2n) is 4.95. The number of rotatable bonds is 5. The number of amides is 2. The first-order valence-corrected chi connectivity index (χ1v) is 7.33. The standard InChI is InChI=1S/C16H15FN6O/c17-12-3-1-2-4-13(12)20-16(24)19-10-7-14-21-15(23-22-14)11-5-8-18-9-6-11/h1-6,8-9H,7,10H2,(H2,19,20,24)(H,21,22,23). The summed E-state index contributed by atoms with van der Waals surface area (Å²) in [6.07, 6.45) is 3.81. The molecule has 2 amide bonds. The Kier molecular flexibility index (Phi) is 4.76. The van der Waals surface area contributed by atoms with Gasteiger partial charge < -0.3 is 10.6 Å². The van der Waals surface area contributed by atoms with Gasteiger partial charge in [0.2, 0.25) is 0 Å². The molecule has 0 spiro atoms. The van der Waals surface area contributed by atoms with Gasteiger partial charge in [0.1, 0.15) is 11.6 Å². The fourth-order valence-electron chi connectivity index (χ4n) is 2.06. The number of nitrogens with one attached hydrogen (secondary N) is 3. The van der Waals surface area contributed by atoms with Crippen LogP contribution in [0.5, 0.6) is 0 Å². The molecule has 0 aliphatic rings. The van der Waals surface area contributed by atoms with Crippen LogP contribution in [0.2, 0.25) is 0 Å². The molecule has 7 nitrogen and oxygen atoms in total. The van der Waals surface area contributed by atoms with E-state index in [4.69, 9.17) is 0 Å². The topological polar surface area (TPSA) is 95.6 Å².